The third kappa shape index (κ3) is 5.35. The van der Waals surface area contributed by atoms with Gasteiger partial charge in [0.05, 0.1) is 24.2 Å². The van der Waals surface area contributed by atoms with Gasteiger partial charge in [0.25, 0.3) is 5.91 Å². The number of amides is 3. The fourth-order valence-corrected chi connectivity index (χ4v) is 4.05. The predicted octanol–water partition coefficient (Wildman–Crippen LogP) is 2.82. The van der Waals surface area contributed by atoms with E-state index in [1.54, 1.807) is 47.4 Å². The summed E-state index contributed by atoms with van der Waals surface area (Å²) in [5.41, 5.74) is 1.11. The number of nitrogens with one attached hydrogen (secondary N) is 2. The number of nitrogens with zero attached hydrogens (tertiary/aromatic N) is 2. The summed E-state index contributed by atoms with van der Waals surface area (Å²) in [5.74, 6) is -0.397. The van der Waals surface area contributed by atoms with Crippen LogP contribution in [0.3, 0.4) is 0 Å². The molecule has 8 nitrogen and oxygen atoms in total. The van der Waals surface area contributed by atoms with Crippen LogP contribution in [-0.4, -0.2) is 54.0 Å². The molecule has 0 saturated carbocycles. The molecule has 2 aromatic rings. The fourth-order valence-electron chi connectivity index (χ4n) is 3.38. The van der Waals surface area contributed by atoms with Crippen molar-refractivity contribution in [3.05, 3.63) is 53.6 Å². The minimum atomic E-state index is -0.819. The second kappa shape index (κ2) is 10.4. The van der Waals surface area contributed by atoms with Crippen molar-refractivity contribution in [2.24, 2.45) is 0 Å². The van der Waals surface area contributed by atoms with Crippen molar-refractivity contribution in [2.45, 2.75) is 19.4 Å². The summed E-state index contributed by atoms with van der Waals surface area (Å²) in [6.07, 6.45) is -0.103. The fraction of sp³-hybridized carbons (Fsp3) is 0.273. The minimum absolute atomic E-state index is 0.103. The molecule has 0 radical (unpaired) electrons. The van der Waals surface area contributed by atoms with Gasteiger partial charge < -0.3 is 20.3 Å². The highest BCUT2D eigenvalue weighted by atomic mass is 35.5. The lowest BCUT2D eigenvalue weighted by molar-refractivity contribution is -0.124. The highest BCUT2D eigenvalue weighted by molar-refractivity contribution is 7.80. The Bertz CT molecular complexity index is 1030. The number of ether oxygens (including phenoxy) is 1. The molecule has 1 heterocycles. The molecule has 168 valence electrons. The standard InChI is InChI=1S/C22H23ClN4O4S/c1-14(28)24-10-11-26-18(13-20(29)25-15-6-4-3-5-7-15)21(30)27(22(26)32)16-8-9-19(31-2)17(23)12-16/h3-9,12,18H,10-11,13H2,1-2H3,(H,24,28)(H,25,29)/t18-/m0/s1. The van der Waals surface area contributed by atoms with E-state index in [2.05, 4.69) is 10.6 Å². The first kappa shape index (κ1) is 23.5. The maximum absolute atomic E-state index is 13.3. The Hall–Kier alpha value is -3.17. The third-order valence-corrected chi connectivity index (χ3v) is 5.59. The molecule has 0 aromatic heterocycles. The van der Waals surface area contributed by atoms with Crippen LogP contribution in [0.1, 0.15) is 13.3 Å². The van der Waals surface area contributed by atoms with Gasteiger partial charge in [0.15, 0.2) is 5.11 Å². The van der Waals surface area contributed by atoms with Crippen LogP contribution in [0.4, 0.5) is 11.4 Å². The molecule has 3 amide bonds. The first-order chi connectivity index (χ1) is 15.3. The summed E-state index contributed by atoms with van der Waals surface area (Å²) in [5, 5.41) is 6.05. The number of carbonyl (C=O) groups is 3. The molecular weight excluding hydrogens is 452 g/mol. The summed E-state index contributed by atoms with van der Waals surface area (Å²) < 4.78 is 5.17. The summed E-state index contributed by atoms with van der Waals surface area (Å²) in [6, 6.07) is 13.1. The van der Waals surface area contributed by atoms with Gasteiger partial charge in [-0.15, -0.1) is 0 Å². The molecule has 3 rings (SSSR count). The molecule has 1 atom stereocenters. The smallest absolute Gasteiger partial charge is 0.256 e. The van der Waals surface area contributed by atoms with Gasteiger partial charge in [0, 0.05) is 25.7 Å². The Morgan fingerprint density at radius 2 is 1.91 bits per heavy atom. The first-order valence-electron chi connectivity index (χ1n) is 9.89. The quantitative estimate of drug-likeness (QED) is 0.572. The molecule has 1 aliphatic heterocycles. The van der Waals surface area contributed by atoms with E-state index >= 15 is 0 Å². The number of methoxy groups -OCH3 is 1. The van der Waals surface area contributed by atoms with Gasteiger partial charge >= 0.3 is 0 Å². The molecule has 2 N–H and O–H groups in total. The van der Waals surface area contributed by atoms with Gasteiger partial charge in [0.1, 0.15) is 11.8 Å². The molecule has 1 fully saturated rings. The zero-order valence-corrected chi connectivity index (χ0v) is 19.2. The SMILES string of the molecule is COc1ccc(N2C(=O)[C@H](CC(=O)Nc3ccccc3)N(CCNC(C)=O)C2=S)cc1Cl. The Labute approximate surface area is 196 Å². The zero-order chi connectivity index (χ0) is 23.3. The second-order valence-corrected chi connectivity index (χ2v) is 7.86. The molecule has 0 bridgehead atoms. The molecule has 0 unspecified atom stereocenters. The number of para-hydroxylation sites is 1. The average molecular weight is 475 g/mol. The number of rotatable bonds is 8. The predicted molar refractivity (Wildman–Crippen MR) is 127 cm³/mol. The van der Waals surface area contributed by atoms with Crippen molar-refractivity contribution >= 4 is 58.0 Å². The van der Waals surface area contributed by atoms with E-state index in [1.807, 2.05) is 6.07 Å². The van der Waals surface area contributed by atoms with E-state index in [4.69, 9.17) is 28.6 Å². The molecular formula is C22H23ClN4O4S. The van der Waals surface area contributed by atoms with Crippen LogP contribution >= 0.6 is 23.8 Å². The summed E-state index contributed by atoms with van der Waals surface area (Å²) >= 11 is 11.8. The molecule has 32 heavy (non-hydrogen) atoms. The van der Waals surface area contributed by atoms with Crippen molar-refractivity contribution in [3.8, 4) is 5.75 Å². The van der Waals surface area contributed by atoms with Gasteiger partial charge in [-0.1, -0.05) is 29.8 Å². The van der Waals surface area contributed by atoms with E-state index in [-0.39, 0.29) is 42.3 Å². The Morgan fingerprint density at radius 3 is 2.53 bits per heavy atom. The largest absolute Gasteiger partial charge is 0.495 e. The van der Waals surface area contributed by atoms with Gasteiger partial charge in [-0.05, 0) is 42.5 Å². The number of anilines is 2. The van der Waals surface area contributed by atoms with Crippen LogP contribution in [0.15, 0.2) is 48.5 Å². The lowest BCUT2D eigenvalue weighted by Crippen LogP contribution is -2.42. The van der Waals surface area contributed by atoms with Crippen LogP contribution in [0.25, 0.3) is 0 Å². The highest BCUT2D eigenvalue weighted by Gasteiger charge is 2.44. The number of thiocarbonyl (C=S) groups is 1. The van der Waals surface area contributed by atoms with Crippen LogP contribution in [0.5, 0.6) is 5.75 Å². The number of halogens is 1. The molecule has 0 spiro atoms. The Balaban J connectivity index is 1.83. The monoisotopic (exact) mass is 474 g/mol. The van der Waals surface area contributed by atoms with Crippen LogP contribution in [0, 0.1) is 0 Å². The van der Waals surface area contributed by atoms with E-state index < -0.39 is 6.04 Å². The number of hydrogen-bond acceptors (Lipinski definition) is 5. The van der Waals surface area contributed by atoms with Crippen LogP contribution < -0.4 is 20.3 Å². The number of carbonyl (C=O) groups excluding carboxylic acids is 3. The molecule has 1 aliphatic rings. The molecule has 2 aromatic carbocycles. The Morgan fingerprint density at radius 1 is 1.19 bits per heavy atom. The van der Waals surface area contributed by atoms with E-state index in [1.165, 1.54) is 18.9 Å². The summed E-state index contributed by atoms with van der Waals surface area (Å²) in [6.45, 7) is 1.95. The van der Waals surface area contributed by atoms with Crippen LogP contribution in [-0.2, 0) is 14.4 Å². The molecule has 1 saturated heterocycles. The Kier molecular flexibility index (Phi) is 7.66. The van der Waals surface area contributed by atoms with E-state index in [0.29, 0.717) is 22.1 Å². The van der Waals surface area contributed by atoms with Crippen molar-refractivity contribution < 1.29 is 19.1 Å². The highest BCUT2D eigenvalue weighted by Crippen LogP contribution is 2.33. The van der Waals surface area contributed by atoms with Gasteiger partial charge in [-0.2, -0.15) is 0 Å². The van der Waals surface area contributed by atoms with Gasteiger partial charge in [-0.25, -0.2) is 0 Å². The topological polar surface area (TPSA) is 91.0 Å². The average Bonchev–Trinajstić information content (AvgIpc) is 2.98. The third-order valence-electron chi connectivity index (χ3n) is 4.88. The van der Waals surface area contributed by atoms with Gasteiger partial charge in [-0.3, -0.25) is 19.3 Å². The van der Waals surface area contributed by atoms with Crippen molar-refractivity contribution in [3.63, 3.8) is 0 Å². The van der Waals surface area contributed by atoms with Crippen molar-refractivity contribution in [1.82, 2.24) is 10.2 Å². The summed E-state index contributed by atoms with van der Waals surface area (Å²) in [7, 11) is 1.50. The maximum atomic E-state index is 13.3. The molecule has 0 aliphatic carbocycles. The van der Waals surface area contributed by atoms with Gasteiger partial charge in [0.2, 0.25) is 11.8 Å². The van der Waals surface area contributed by atoms with E-state index in [0.717, 1.165) is 0 Å². The first-order valence-corrected chi connectivity index (χ1v) is 10.7. The van der Waals surface area contributed by atoms with Crippen molar-refractivity contribution in [2.75, 3.05) is 30.4 Å². The number of hydrogen-bond donors (Lipinski definition) is 2. The minimum Gasteiger partial charge on any atom is -0.495 e. The second-order valence-electron chi connectivity index (χ2n) is 7.09. The zero-order valence-electron chi connectivity index (χ0n) is 17.6. The number of benzene rings is 2. The summed E-state index contributed by atoms with van der Waals surface area (Å²) in [4.78, 5) is 40.3. The van der Waals surface area contributed by atoms with Crippen molar-refractivity contribution in [1.29, 1.82) is 0 Å². The lowest BCUT2D eigenvalue weighted by Gasteiger charge is -2.24. The lowest BCUT2D eigenvalue weighted by atomic mass is 10.1. The normalized spacial score (nSPS) is 15.7. The van der Waals surface area contributed by atoms with E-state index in [9.17, 15) is 14.4 Å². The molecule has 10 heteroatoms. The maximum Gasteiger partial charge on any atom is 0.256 e. The van der Waals surface area contributed by atoms with Crippen LogP contribution in [0.2, 0.25) is 5.02 Å².